The van der Waals surface area contributed by atoms with Crippen molar-refractivity contribution in [3.63, 3.8) is 0 Å². The highest BCUT2D eigenvalue weighted by molar-refractivity contribution is 7.71. The highest BCUT2D eigenvalue weighted by Crippen LogP contribution is 2.39. The third-order valence-electron chi connectivity index (χ3n) is 3.34. The summed E-state index contributed by atoms with van der Waals surface area (Å²) in [6, 6.07) is 3.55. The molecule has 0 amide bonds. The van der Waals surface area contributed by atoms with Gasteiger partial charge in [-0.15, -0.1) is 0 Å². The van der Waals surface area contributed by atoms with Gasteiger partial charge in [-0.2, -0.15) is 0 Å². The van der Waals surface area contributed by atoms with Gasteiger partial charge in [0.05, 0.1) is 5.69 Å². The Morgan fingerprint density at radius 3 is 2.68 bits per heavy atom. The van der Waals surface area contributed by atoms with Gasteiger partial charge >= 0.3 is 0 Å². The van der Waals surface area contributed by atoms with Crippen LogP contribution in [-0.4, -0.2) is 9.97 Å². The minimum absolute atomic E-state index is 0.328. The standard InChI is InChI=1S/C14H12F2N2S/c1-7-12(10-5-4-9(15)6-11(10)16)17-13(8-2-3-8)18-14(7)19/h4-6,8H,2-3H2,1H3,(H,17,18,19). The van der Waals surface area contributed by atoms with Crippen LogP contribution in [0.25, 0.3) is 11.3 Å². The van der Waals surface area contributed by atoms with Crippen molar-refractivity contribution in [3.8, 4) is 11.3 Å². The molecular formula is C14H12F2N2S. The Morgan fingerprint density at radius 2 is 2.05 bits per heavy atom. The molecule has 3 rings (SSSR count). The van der Waals surface area contributed by atoms with Crippen LogP contribution in [0.4, 0.5) is 8.78 Å². The Hall–Kier alpha value is -1.62. The molecule has 1 aliphatic rings. The molecule has 1 aliphatic carbocycles. The molecule has 5 heteroatoms. The molecule has 98 valence electrons. The fourth-order valence-corrected chi connectivity index (χ4v) is 2.26. The highest BCUT2D eigenvalue weighted by Gasteiger charge is 2.27. The summed E-state index contributed by atoms with van der Waals surface area (Å²) < 4.78 is 27.3. The minimum atomic E-state index is -0.596. The highest BCUT2D eigenvalue weighted by atomic mass is 32.1. The average Bonchev–Trinajstić information content (AvgIpc) is 3.17. The van der Waals surface area contributed by atoms with Crippen molar-refractivity contribution >= 4 is 12.2 Å². The van der Waals surface area contributed by atoms with E-state index >= 15 is 0 Å². The van der Waals surface area contributed by atoms with Crippen LogP contribution in [0.1, 0.15) is 30.1 Å². The van der Waals surface area contributed by atoms with Gasteiger partial charge in [0.15, 0.2) is 0 Å². The zero-order chi connectivity index (χ0) is 13.6. The maximum atomic E-state index is 13.9. The monoisotopic (exact) mass is 278 g/mol. The Balaban J connectivity index is 2.20. The van der Waals surface area contributed by atoms with Crippen molar-refractivity contribution in [2.75, 3.05) is 0 Å². The Labute approximate surface area is 114 Å². The maximum absolute atomic E-state index is 13.9. The summed E-state index contributed by atoms with van der Waals surface area (Å²) in [6.07, 6.45) is 2.15. The van der Waals surface area contributed by atoms with E-state index in [0.29, 0.717) is 27.4 Å². The number of H-pyrrole nitrogens is 1. The van der Waals surface area contributed by atoms with E-state index in [9.17, 15) is 8.78 Å². The minimum Gasteiger partial charge on any atom is -0.343 e. The maximum Gasteiger partial charge on any atom is 0.135 e. The van der Waals surface area contributed by atoms with E-state index in [1.54, 1.807) is 6.92 Å². The van der Waals surface area contributed by atoms with Crippen molar-refractivity contribution in [1.29, 1.82) is 0 Å². The molecule has 1 saturated carbocycles. The van der Waals surface area contributed by atoms with Gasteiger partial charge in [0.2, 0.25) is 0 Å². The van der Waals surface area contributed by atoms with Crippen molar-refractivity contribution in [3.05, 3.63) is 45.9 Å². The van der Waals surface area contributed by atoms with Crippen LogP contribution in [0.3, 0.4) is 0 Å². The molecular weight excluding hydrogens is 266 g/mol. The average molecular weight is 278 g/mol. The lowest BCUT2D eigenvalue weighted by atomic mass is 10.1. The number of nitrogens with one attached hydrogen (secondary N) is 1. The van der Waals surface area contributed by atoms with Gasteiger partial charge in [-0.25, -0.2) is 13.8 Å². The summed E-state index contributed by atoms with van der Waals surface area (Å²) in [4.78, 5) is 7.48. The van der Waals surface area contributed by atoms with Crippen molar-refractivity contribution in [2.24, 2.45) is 0 Å². The van der Waals surface area contributed by atoms with Crippen LogP contribution in [0.15, 0.2) is 18.2 Å². The zero-order valence-electron chi connectivity index (χ0n) is 10.3. The lowest BCUT2D eigenvalue weighted by Gasteiger charge is -2.10. The second-order valence-corrected chi connectivity index (χ2v) is 5.21. The van der Waals surface area contributed by atoms with Gasteiger partial charge < -0.3 is 4.98 Å². The molecule has 0 atom stereocenters. The summed E-state index contributed by atoms with van der Waals surface area (Å²) in [6.45, 7) is 1.79. The summed E-state index contributed by atoms with van der Waals surface area (Å²) in [7, 11) is 0. The third kappa shape index (κ3) is 2.30. The van der Waals surface area contributed by atoms with E-state index in [2.05, 4.69) is 9.97 Å². The molecule has 1 heterocycles. The molecule has 0 aliphatic heterocycles. The third-order valence-corrected chi connectivity index (χ3v) is 3.73. The number of aromatic amines is 1. The first kappa shape index (κ1) is 12.4. The van der Waals surface area contributed by atoms with Gasteiger partial charge in [-0.05, 0) is 31.9 Å². The van der Waals surface area contributed by atoms with Crippen molar-refractivity contribution in [2.45, 2.75) is 25.7 Å². The number of rotatable bonds is 2. The molecule has 1 N–H and O–H groups in total. The SMILES string of the molecule is Cc1c(-c2ccc(F)cc2F)[nH]c(C2CC2)nc1=S. The van der Waals surface area contributed by atoms with Gasteiger partial charge in [0.1, 0.15) is 22.1 Å². The Kier molecular flexibility index (Phi) is 2.93. The summed E-state index contributed by atoms with van der Waals surface area (Å²) >= 11 is 5.22. The predicted molar refractivity (Wildman–Crippen MR) is 71.5 cm³/mol. The number of benzene rings is 1. The van der Waals surface area contributed by atoms with Crippen LogP contribution in [0.2, 0.25) is 0 Å². The van der Waals surface area contributed by atoms with E-state index in [1.807, 2.05) is 0 Å². The molecule has 0 spiro atoms. The van der Waals surface area contributed by atoms with E-state index < -0.39 is 11.6 Å². The first-order valence-corrected chi connectivity index (χ1v) is 6.53. The number of nitrogens with zero attached hydrogens (tertiary/aromatic N) is 1. The fraction of sp³-hybridized carbons (Fsp3) is 0.286. The molecule has 1 aromatic heterocycles. The lowest BCUT2D eigenvalue weighted by molar-refractivity contribution is 0.585. The molecule has 0 bridgehead atoms. The topological polar surface area (TPSA) is 28.7 Å². The molecule has 1 aromatic carbocycles. The number of aromatic nitrogens is 2. The largest absolute Gasteiger partial charge is 0.343 e. The number of halogens is 2. The molecule has 1 fully saturated rings. The summed E-state index contributed by atoms with van der Waals surface area (Å²) in [5, 5.41) is 0. The molecule has 0 unspecified atom stereocenters. The fourth-order valence-electron chi connectivity index (χ4n) is 2.06. The first-order valence-electron chi connectivity index (χ1n) is 6.12. The van der Waals surface area contributed by atoms with Crippen molar-refractivity contribution < 1.29 is 8.78 Å². The Morgan fingerprint density at radius 1 is 1.32 bits per heavy atom. The molecule has 19 heavy (non-hydrogen) atoms. The molecule has 2 aromatic rings. The smallest absolute Gasteiger partial charge is 0.135 e. The number of hydrogen-bond donors (Lipinski definition) is 1. The zero-order valence-corrected chi connectivity index (χ0v) is 11.2. The van der Waals surface area contributed by atoms with Crippen LogP contribution in [0.5, 0.6) is 0 Å². The van der Waals surface area contributed by atoms with E-state index in [4.69, 9.17) is 12.2 Å². The first-order chi connectivity index (χ1) is 9.06. The lowest BCUT2D eigenvalue weighted by Crippen LogP contribution is -2.00. The van der Waals surface area contributed by atoms with E-state index in [-0.39, 0.29) is 0 Å². The van der Waals surface area contributed by atoms with Crippen molar-refractivity contribution in [1.82, 2.24) is 9.97 Å². The van der Waals surface area contributed by atoms with Gasteiger partial charge in [0.25, 0.3) is 0 Å². The summed E-state index contributed by atoms with van der Waals surface area (Å²) in [5.74, 6) is 0.00885. The summed E-state index contributed by atoms with van der Waals surface area (Å²) in [5.41, 5.74) is 1.64. The second-order valence-electron chi connectivity index (χ2n) is 4.83. The van der Waals surface area contributed by atoms with E-state index in [0.717, 1.165) is 24.7 Å². The van der Waals surface area contributed by atoms with Crippen LogP contribution in [0, 0.1) is 23.2 Å². The predicted octanol–water partition coefficient (Wildman–Crippen LogP) is 4.27. The normalized spacial score (nSPS) is 14.7. The number of hydrogen-bond acceptors (Lipinski definition) is 2. The second kappa shape index (κ2) is 4.49. The molecule has 0 saturated heterocycles. The van der Waals surface area contributed by atoms with Gasteiger partial charge in [-0.1, -0.05) is 12.2 Å². The molecule has 2 nitrogen and oxygen atoms in total. The quantitative estimate of drug-likeness (QED) is 0.831. The van der Waals surface area contributed by atoms with Gasteiger partial charge in [0, 0.05) is 23.1 Å². The van der Waals surface area contributed by atoms with Gasteiger partial charge in [-0.3, -0.25) is 0 Å². The molecule has 0 radical (unpaired) electrons. The van der Waals surface area contributed by atoms with Crippen LogP contribution >= 0.6 is 12.2 Å². The van der Waals surface area contributed by atoms with Crippen LogP contribution in [-0.2, 0) is 0 Å². The van der Waals surface area contributed by atoms with Crippen LogP contribution < -0.4 is 0 Å². The van der Waals surface area contributed by atoms with E-state index in [1.165, 1.54) is 12.1 Å². The Bertz CT molecular complexity index is 705.